The molecule has 1 aliphatic rings. The van der Waals surface area contributed by atoms with Gasteiger partial charge in [0.2, 0.25) is 0 Å². The number of nitrogens with zero attached hydrogens (tertiary/aromatic N) is 1. The number of nitrogens with one attached hydrogen (secondary N) is 1. The monoisotopic (exact) mass is 302 g/mol. The van der Waals surface area contributed by atoms with Crippen molar-refractivity contribution in [1.29, 1.82) is 0 Å². The summed E-state index contributed by atoms with van der Waals surface area (Å²) in [6, 6.07) is 12.6. The number of hydrogen-bond acceptors (Lipinski definition) is 4. The molecular formula is C15H11ClN2O3. The second-order valence-electron chi connectivity index (χ2n) is 4.84. The average Bonchev–Trinajstić information content (AvgIpc) is 3.28. The summed E-state index contributed by atoms with van der Waals surface area (Å²) in [7, 11) is 0. The fourth-order valence-corrected chi connectivity index (χ4v) is 2.38. The Morgan fingerprint density at radius 2 is 1.71 bits per heavy atom. The Kier molecular flexibility index (Phi) is 3.45. The number of carbonyl (C=O) groups excluding carboxylic acids is 1. The Morgan fingerprint density at radius 1 is 1.10 bits per heavy atom. The minimum Gasteiger partial charge on any atom is -0.297 e. The number of non-ortho nitro benzene ring substituents is 1. The lowest BCUT2D eigenvalue weighted by atomic mass is 10.0. The molecule has 2 aromatic carbocycles. The highest BCUT2D eigenvalue weighted by Gasteiger charge is 2.43. The van der Waals surface area contributed by atoms with Gasteiger partial charge in [-0.1, -0.05) is 23.7 Å². The number of Topliss-reactive ketones (excluding diaryl/α,β-unsaturated/α-hetero) is 1. The van der Waals surface area contributed by atoms with Crippen LogP contribution in [-0.4, -0.2) is 16.7 Å². The van der Waals surface area contributed by atoms with Crippen LogP contribution in [-0.2, 0) is 0 Å². The molecular weight excluding hydrogens is 292 g/mol. The second kappa shape index (κ2) is 5.27. The van der Waals surface area contributed by atoms with Gasteiger partial charge in [-0.2, -0.15) is 0 Å². The molecule has 1 heterocycles. The number of benzene rings is 2. The number of rotatable bonds is 4. The molecule has 1 saturated heterocycles. The van der Waals surface area contributed by atoms with E-state index >= 15 is 0 Å². The van der Waals surface area contributed by atoms with E-state index < -0.39 is 4.92 Å². The number of ketones is 1. The van der Waals surface area contributed by atoms with Gasteiger partial charge < -0.3 is 0 Å². The first-order chi connectivity index (χ1) is 10.1. The summed E-state index contributed by atoms with van der Waals surface area (Å²) in [5.41, 5.74) is 1.51. The number of hydrogen-bond donors (Lipinski definition) is 1. The third-order valence-electron chi connectivity index (χ3n) is 3.46. The van der Waals surface area contributed by atoms with Gasteiger partial charge >= 0.3 is 0 Å². The summed E-state index contributed by atoms with van der Waals surface area (Å²) in [5.74, 6) is -0.00461. The number of nitro benzene ring substituents is 1. The Labute approximate surface area is 125 Å². The van der Waals surface area contributed by atoms with Crippen LogP contribution in [0.25, 0.3) is 0 Å². The second-order valence-corrected chi connectivity index (χ2v) is 5.28. The molecule has 0 aliphatic carbocycles. The highest BCUT2D eigenvalue weighted by atomic mass is 35.5. The highest BCUT2D eigenvalue weighted by molar-refractivity contribution is 6.30. The zero-order valence-corrected chi connectivity index (χ0v) is 11.6. The summed E-state index contributed by atoms with van der Waals surface area (Å²) in [6.07, 6.45) is 0. The molecule has 6 heteroatoms. The standard InChI is InChI=1S/C15H11ClN2O3/c16-11-5-1-10(2-6-11)15(19)14-13(17-14)9-3-7-12(8-4-9)18(20)21/h1-8,13-14,17H/t13-,14+/m1/s1. The van der Waals surface area contributed by atoms with Crippen molar-refractivity contribution in [2.75, 3.05) is 0 Å². The fourth-order valence-electron chi connectivity index (χ4n) is 2.25. The summed E-state index contributed by atoms with van der Waals surface area (Å²) in [4.78, 5) is 22.4. The quantitative estimate of drug-likeness (QED) is 0.407. The van der Waals surface area contributed by atoms with Gasteiger partial charge in [-0.25, -0.2) is 0 Å². The van der Waals surface area contributed by atoms with Crippen molar-refractivity contribution >= 4 is 23.1 Å². The topological polar surface area (TPSA) is 82.2 Å². The van der Waals surface area contributed by atoms with Crippen LogP contribution in [0.2, 0.25) is 5.02 Å². The van der Waals surface area contributed by atoms with Gasteiger partial charge in [0, 0.05) is 22.7 Å². The molecule has 2 aromatic rings. The van der Waals surface area contributed by atoms with Gasteiger partial charge in [0.15, 0.2) is 5.78 Å². The van der Waals surface area contributed by atoms with Crippen molar-refractivity contribution in [1.82, 2.24) is 5.32 Å². The van der Waals surface area contributed by atoms with Crippen LogP contribution >= 0.6 is 11.6 Å². The van der Waals surface area contributed by atoms with Gasteiger partial charge in [0.1, 0.15) is 0 Å². The minimum atomic E-state index is -0.444. The lowest BCUT2D eigenvalue weighted by Crippen LogP contribution is -2.10. The molecule has 1 N–H and O–H groups in total. The molecule has 3 rings (SSSR count). The van der Waals surface area contributed by atoms with Gasteiger partial charge in [-0.3, -0.25) is 20.2 Å². The number of halogens is 1. The SMILES string of the molecule is O=C(c1ccc(Cl)cc1)[C@H]1N[C@@H]1c1ccc([N+](=O)[O-])cc1. The maximum Gasteiger partial charge on any atom is 0.269 e. The van der Waals surface area contributed by atoms with Crippen molar-refractivity contribution in [2.24, 2.45) is 0 Å². The van der Waals surface area contributed by atoms with Crippen molar-refractivity contribution in [2.45, 2.75) is 12.1 Å². The van der Waals surface area contributed by atoms with E-state index in [9.17, 15) is 14.9 Å². The molecule has 0 amide bonds. The maximum absolute atomic E-state index is 12.3. The van der Waals surface area contributed by atoms with Crippen molar-refractivity contribution in [3.8, 4) is 0 Å². The van der Waals surface area contributed by atoms with E-state index in [0.29, 0.717) is 10.6 Å². The summed E-state index contributed by atoms with van der Waals surface area (Å²) in [5, 5.41) is 14.3. The van der Waals surface area contributed by atoms with Gasteiger partial charge in [-0.05, 0) is 29.8 Å². The van der Waals surface area contributed by atoms with Crippen molar-refractivity contribution in [3.63, 3.8) is 0 Å². The van der Waals surface area contributed by atoms with Crippen LogP contribution in [0.3, 0.4) is 0 Å². The highest BCUT2D eigenvalue weighted by Crippen LogP contribution is 2.33. The van der Waals surface area contributed by atoms with Gasteiger partial charge in [0.05, 0.1) is 17.0 Å². The Bertz CT molecular complexity index is 698. The van der Waals surface area contributed by atoms with Crippen LogP contribution in [0.15, 0.2) is 48.5 Å². The van der Waals surface area contributed by atoms with Gasteiger partial charge in [0.25, 0.3) is 5.69 Å². The third kappa shape index (κ3) is 2.79. The molecule has 0 aromatic heterocycles. The molecule has 0 bridgehead atoms. The minimum absolute atomic E-state index is 0.00461. The normalized spacial score (nSPS) is 20.0. The zero-order valence-electron chi connectivity index (χ0n) is 10.8. The van der Waals surface area contributed by atoms with Crippen LogP contribution in [0, 0.1) is 10.1 Å². The first-order valence-corrected chi connectivity index (χ1v) is 6.74. The zero-order chi connectivity index (χ0) is 15.0. The predicted molar refractivity (Wildman–Crippen MR) is 78.5 cm³/mol. The average molecular weight is 303 g/mol. The van der Waals surface area contributed by atoms with E-state index in [-0.39, 0.29) is 23.6 Å². The predicted octanol–water partition coefficient (Wildman–Crippen LogP) is 3.14. The molecule has 0 unspecified atom stereocenters. The molecule has 0 radical (unpaired) electrons. The van der Waals surface area contributed by atoms with E-state index in [1.165, 1.54) is 12.1 Å². The Morgan fingerprint density at radius 3 is 2.29 bits per heavy atom. The largest absolute Gasteiger partial charge is 0.297 e. The molecule has 0 saturated carbocycles. The van der Waals surface area contributed by atoms with Crippen LogP contribution in [0.4, 0.5) is 5.69 Å². The Balaban J connectivity index is 1.72. The molecule has 21 heavy (non-hydrogen) atoms. The van der Waals surface area contributed by atoms with Gasteiger partial charge in [-0.15, -0.1) is 0 Å². The van der Waals surface area contributed by atoms with Crippen LogP contribution in [0.1, 0.15) is 22.0 Å². The maximum atomic E-state index is 12.3. The third-order valence-corrected chi connectivity index (χ3v) is 3.71. The molecule has 5 nitrogen and oxygen atoms in total. The smallest absolute Gasteiger partial charge is 0.269 e. The van der Waals surface area contributed by atoms with Crippen LogP contribution < -0.4 is 5.32 Å². The van der Waals surface area contributed by atoms with E-state index in [1.54, 1.807) is 36.4 Å². The van der Waals surface area contributed by atoms with E-state index in [0.717, 1.165) is 5.56 Å². The van der Waals surface area contributed by atoms with Crippen LogP contribution in [0.5, 0.6) is 0 Å². The van der Waals surface area contributed by atoms with E-state index in [4.69, 9.17) is 11.6 Å². The first kappa shape index (κ1) is 13.7. The lowest BCUT2D eigenvalue weighted by Gasteiger charge is -2.00. The molecule has 106 valence electrons. The summed E-state index contributed by atoms with van der Waals surface area (Å²) in [6.45, 7) is 0. The summed E-state index contributed by atoms with van der Waals surface area (Å²) >= 11 is 5.79. The molecule has 1 fully saturated rings. The fraction of sp³-hybridized carbons (Fsp3) is 0.133. The molecule has 0 spiro atoms. The lowest BCUT2D eigenvalue weighted by molar-refractivity contribution is -0.384. The van der Waals surface area contributed by atoms with Crippen molar-refractivity contribution in [3.05, 3.63) is 74.8 Å². The van der Waals surface area contributed by atoms with E-state index in [1.807, 2.05) is 0 Å². The van der Waals surface area contributed by atoms with Crippen molar-refractivity contribution < 1.29 is 9.72 Å². The first-order valence-electron chi connectivity index (χ1n) is 6.36. The summed E-state index contributed by atoms with van der Waals surface area (Å²) < 4.78 is 0. The Hall–Kier alpha value is -2.24. The number of carbonyl (C=O) groups is 1. The number of nitro groups is 1. The molecule has 2 atom stereocenters. The molecule has 1 aliphatic heterocycles. The van der Waals surface area contributed by atoms with E-state index in [2.05, 4.69) is 5.32 Å².